The zero-order valence-corrected chi connectivity index (χ0v) is 13.7. The van der Waals surface area contributed by atoms with Crippen molar-refractivity contribution in [3.05, 3.63) is 53.1 Å². The van der Waals surface area contributed by atoms with Gasteiger partial charge in [0.2, 0.25) is 0 Å². The van der Waals surface area contributed by atoms with Crippen LogP contribution >= 0.6 is 0 Å². The van der Waals surface area contributed by atoms with Crippen molar-refractivity contribution in [2.75, 3.05) is 29.0 Å². The molecule has 0 spiro atoms. The second-order valence-corrected chi connectivity index (χ2v) is 6.24. The van der Waals surface area contributed by atoms with Gasteiger partial charge in [-0.2, -0.15) is 0 Å². The van der Waals surface area contributed by atoms with Crippen LogP contribution in [0.3, 0.4) is 0 Å². The predicted molar refractivity (Wildman–Crippen MR) is 96.2 cm³/mol. The molecular formula is C19H23N3O. The van der Waals surface area contributed by atoms with Crippen LogP contribution in [-0.4, -0.2) is 19.0 Å². The molecule has 1 heterocycles. The maximum Gasteiger partial charge on any atom is 0.255 e. The van der Waals surface area contributed by atoms with Crippen LogP contribution in [0.4, 0.5) is 17.1 Å². The number of nitrogen functional groups attached to an aromatic ring is 1. The number of hydrogen-bond acceptors (Lipinski definition) is 3. The van der Waals surface area contributed by atoms with E-state index >= 15 is 0 Å². The molecule has 120 valence electrons. The zero-order chi connectivity index (χ0) is 16.4. The van der Waals surface area contributed by atoms with Crippen LogP contribution in [-0.2, 0) is 0 Å². The van der Waals surface area contributed by atoms with E-state index in [9.17, 15) is 4.79 Å². The molecule has 23 heavy (non-hydrogen) atoms. The molecule has 0 radical (unpaired) electrons. The quantitative estimate of drug-likeness (QED) is 0.849. The van der Waals surface area contributed by atoms with E-state index in [4.69, 9.17) is 5.73 Å². The number of carbonyl (C=O) groups is 1. The van der Waals surface area contributed by atoms with Crippen LogP contribution in [0.15, 0.2) is 36.4 Å². The summed E-state index contributed by atoms with van der Waals surface area (Å²) in [6, 6.07) is 11.5. The third-order valence-corrected chi connectivity index (χ3v) is 4.38. The average Bonchev–Trinajstić information content (AvgIpc) is 3.04. The lowest BCUT2D eigenvalue weighted by Gasteiger charge is -2.22. The van der Waals surface area contributed by atoms with Crippen LogP contribution in [0.2, 0.25) is 0 Å². The van der Waals surface area contributed by atoms with E-state index in [2.05, 4.69) is 17.1 Å². The van der Waals surface area contributed by atoms with E-state index in [0.717, 1.165) is 29.9 Å². The molecule has 1 aliphatic heterocycles. The van der Waals surface area contributed by atoms with Gasteiger partial charge in [0.05, 0.1) is 11.4 Å². The monoisotopic (exact) mass is 309 g/mol. The summed E-state index contributed by atoms with van der Waals surface area (Å²) in [5, 5.41) is 2.95. The lowest BCUT2D eigenvalue weighted by atomic mass is 10.1. The Hall–Kier alpha value is -2.49. The summed E-state index contributed by atoms with van der Waals surface area (Å²) >= 11 is 0. The first-order valence-corrected chi connectivity index (χ1v) is 8.07. The van der Waals surface area contributed by atoms with Crippen LogP contribution in [0.5, 0.6) is 0 Å². The van der Waals surface area contributed by atoms with Crippen molar-refractivity contribution < 1.29 is 4.79 Å². The van der Waals surface area contributed by atoms with Crippen LogP contribution in [0.1, 0.15) is 34.3 Å². The number of nitrogens with one attached hydrogen (secondary N) is 1. The van der Waals surface area contributed by atoms with E-state index < -0.39 is 0 Å². The largest absolute Gasteiger partial charge is 0.397 e. The first-order chi connectivity index (χ1) is 11.0. The topological polar surface area (TPSA) is 58.4 Å². The first kappa shape index (κ1) is 15.4. The molecule has 0 saturated carbocycles. The van der Waals surface area contributed by atoms with Gasteiger partial charge < -0.3 is 16.0 Å². The number of carbonyl (C=O) groups excluding carboxylic acids is 1. The van der Waals surface area contributed by atoms with E-state index in [1.54, 1.807) is 0 Å². The Morgan fingerprint density at radius 2 is 1.74 bits per heavy atom. The maximum atomic E-state index is 12.4. The number of hydrogen-bond donors (Lipinski definition) is 2. The third kappa shape index (κ3) is 3.31. The van der Waals surface area contributed by atoms with Gasteiger partial charge in [0.15, 0.2) is 0 Å². The molecule has 1 aliphatic rings. The second-order valence-electron chi connectivity index (χ2n) is 6.24. The van der Waals surface area contributed by atoms with E-state index in [-0.39, 0.29) is 5.91 Å². The van der Waals surface area contributed by atoms with Crippen LogP contribution < -0.4 is 16.0 Å². The number of amides is 1. The fourth-order valence-electron chi connectivity index (χ4n) is 3.03. The maximum absolute atomic E-state index is 12.4. The van der Waals surface area contributed by atoms with Crippen molar-refractivity contribution in [1.29, 1.82) is 0 Å². The lowest BCUT2D eigenvalue weighted by molar-refractivity contribution is 0.102. The summed E-state index contributed by atoms with van der Waals surface area (Å²) in [5.41, 5.74) is 11.5. The van der Waals surface area contributed by atoms with Gasteiger partial charge in [0.25, 0.3) is 5.91 Å². The summed E-state index contributed by atoms with van der Waals surface area (Å²) in [6.45, 7) is 6.20. The smallest absolute Gasteiger partial charge is 0.255 e. The summed E-state index contributed by atoms with van der Waals surface area (Å²) in [5.74, 6) is -0.132. The minimum atomic E-state index is -0.132. The number of benzene rings is 2. The molecule has 4 heteroatoms. The highest BCUT2D eigenvalue weighted by Gasteiger charge is 2.17. The molecule has 2 aromatic rings. The molecule has 3 rings (SSSR count). The Bertz CT molecular complexity index is 716. The van der Waals surface area contributed by atoms with Gasteiger partial charge in [0.1, 0.15) is 0 Å². The van der Waals surface area contributed by atoms with E-state index in [1.165, 1.54) is 12.8 Å². The summed E-state index contributed by atoms with van der Waals surface area (Å²) in [4.78, 5) is 14.8. The summed E-state index contributed by atoms with van der Waals surface area (Å²) in [6.07, 6.45) is 2.43. The van der Waals surface area contributed by atoms with Gasteiger partial charge >= 0.3 is 0 Å². The van der Waals surface area contributed by atoms with Crippen LogP contribution in [0, 0.1) is 13.8 Å². The molecule has 1 saturated heterocycles. The number of anilines is 3. The van der Waals surface area contributed by atoms with E-state index in [0.29, 0.717) is 16.9 Å². The normalized spacial score (nSPS) is 14.1. The molecule has 0 atom stereocenters. The molecule has 2 aromatic carbocycles. The number of aryl methyl sites for hydroxylation is 2. The molecule has 3 N–H and O–H groups in total. The highest BCUT2D eigenvalue weighted by molar-refractivity contribution is 6.06. The predicted octanol–water partition coefficient (Wildman–Crippen LogP) is 3.74. The minimum absolute atomic E-state index is 0.132. The average molecular weight is 309 g/mol. The number of rotatable bonds is 3. The number of nitrogens with two attached hydrogens (primary N) is 1. The Morgan fingerprint density at radius 1 is 1.09 bits per heavy atom. The lowest BCUT2D eigenvalue weighted by Crippen LogP contribution is -2.20. The molecule has 0 bridgehead atoms. The molecule has 1 amide bonds. The molecule has 1 fully saturated rings. The Morgan fingerprint density at radius 3 is 2.39 bits per heavy atom. The van der Waals surface area contributed by atoms with Gasteiger partial charge in [-0.25, -0.2) is 0 Å². The Balaban J connectivity index is 1.85. The van der Waals surface area contributed by atoms with Gasteiger partial charge in [-0.15, -0.1) is 0 Å². The van der Waals surface area contributed by atoms with Crippen molar-refractivity contribution in [1.82, 2.24) is 0 Å². The summed E-state index contributed by atoms with van der Waals surface area (Å²) < 4.78 is 0. The third-order valence-electron chi connectivity index (χ3n) is 4.38. The van der Waals surface area contributed by atoms with Crippen molar-refractivity contribution in [2.45, 2.75) is 26.7 Å². The van der Waals surface area contributed by atoms with Gasteiger partial charge in [-0.05, 0) is 56.5 Å². The minimum Gasteiger partial charge on any atom is -0.397 e. The Kier molecular flexibility index (Phi) is 4.24. The fourth-order valence-corrected chi connectivity index (χ4v) is 3.03. The summed E-state index contributed by atoms with van der Waals surface area (Å²) in [7, 11) is 0. The zero-order valence-electron chi connectivity index (χ0n) is 13.7. The number of nitrogens with zero attached hydrogens (tertiary/aromatic N) is 1. The molecule has 0 aliphatic carbocycles. The SMILES string of the molecule is Cc1ccc(C(=O)Nc2cc(N3CCCC3)c(C)cc2N)cc1. The second kappa shape index (κ2) is 6.32. The van der Waals surface area contributed by atoms with Gasteiger partial charge in [-0.3, -0.25) is 4.79 Å². The van der Waals surface area contributed by atoms with Crippen molar-refractivity contribution >= 4 is 23.0 Å². The Labute approximate surface area is 137 Å². The molecule has 0 unspecified atom stereocenters. The molecular weight excluding hydrogens is 286 g/mol. The van der Waals surface area contributed by atoms with Crippen molar-refractivity contribution in [3.8, 4) is 0 Å². The van der Waals surface area contributed by atoms with Crippen molar-refractivity contribution in [2.24, 2.45) is 0 Å². The first-order valence-electron chi connectivity index (χ1n) is 8.07. The van der Waals surface area contributed by atoms with Gasteiger partial charge in [0, 0.05) is 24.3 Å². The van der Waals surface area contributed by atoms with Crippen molar-refractivity contribution in [3.63, 3.8) is 0 Å². The highest BCUT2D eigenvalue weighted by atomic mass is 16.1. The van der Waals surface area contributed by atoms with Crippen LogP contribution in [0.25, 0.3) is 0 Å². The van der Waals surface area contributed by atoms with E-state index in [1.807, 2.05) is 43.3 Å². The fraction of sp³-hybridized carbons (Fsp3) is 0.316. The molecule has 0 aromatic heterocycles. The highest BCUT2D eigenvalue weighted by Crippen LogP contribution is 2.32. The molecule has 4 nitrogen and oxygen atoms in total. The van der Waals surface area contributed by atoms with Gasteiger partial charge in [-0.1, -0.05) is 17.7 Å². The standard InChI is InChI=1S/C19H23N3O/c1-13-5-7-15(8-6-13)19(23)21-17-12-18(14(2)11-16(17)20)22-9-3-4-10-22/h5-8,11-12H,3-4,9-10,20H2,1-2H3,(H,21,23).